The molecule has 0 aromatic heterocycles. The summed E-state index contributed by atoms with van der Waals surface area (Å²) >= 11 is 0. The van der Waals surface area contributed by atoms with E-state index in [1.54, 1.807) is 26.4 Å². The zero-order chi connectivity index (χ0) is 24.8. The summed E-state index contributed by atoms with van der Waals surface area (Å²) in [5.41, 5.74) is 4.66. The van der Waals surface area contributed by atoms with Crippen molar-refractivity contribution < 1.29 is 22.7 Å². The number of sulfonamides is 1. The quantitative estimate of drug-likeness (QED) is 0.457. The van der Waals surface area contributed by atoms with Crippen LogP contribution in [0.3, 0.4) is 0 Å². The van der Waals surface area contributed by atoms with Crippen molar-refractivity contribution in [2.24, 2.45) is 0 Å². The number of rotatable bonds is 9. The van der Waals surface area contributed by atoms with Gasteiger partial charge in [-0.2, -0.15) is 4.31 Å². The van der Waals surface area contributed by atoms with Gasteiger partial charge >= 0.3 is 0 Å². The Labute approximate surface area is 206 Å². The molecule has 3 aromatic carbocycles. The minimum Gasteiger partial charge on any atom is -0.493 e. The second kappa shape index (κ2) is 10.9. The molecule has 4 rings (SSSR count). The predicted octanol–water partition coefficient (Wildman–Crippen LogP) is 3.88. The second-order valence-corrected chi connectivity index (χ2v) is 10.5. The first-order chi connectivity index (χ1) is 16.9. The molecule has 0 bridgehead atoms. The summed E-state index contributed by atoms with van der Waals surface area (Å²) < 4.78 is 38.0. The van der Waals surface area contributed by atoms with E-state index in [4.69, 9.17) is 9.47 Å². The average molecular weight is 495 g/mol. The highest BCUT2D eigenvalue weighted by Crippen LogP contribution is 2.33. The van der Waals surface area contributed by atoms with Gasteiger partial charge in [0, 0.05) is 25.2 Å². The molecule has 0 unspecified atom stereocenters. The lowest BCUT2D eigenvalue weighted by Gasteiger charge is -2.29. The third kappa shape index (κ3) is 5.83. The van der Waals surface area contributed by atoms with Crippen LogP contribution < -0.4 is 14.8 Å². The van der Waals surface area contributed by atoms with Gasteiger partial charge in [0.15, 0.2) is 11.5 Å². The van der Waals surface area contributed by atoms with E-state index in [1.807, 2.05) is 54.6 Å². The SMILES string of the molecule is COc1cc2c(cc1OC)CN(S(=O)(=O)CCCNC(=O)c1ccc(-c3ccccc3)cc1)CC2. The first-order valence-corrected chi connectivity index (χ1v) is 13.2. The van der Waals surface area contributed by atoms with E-state index in [2.05, 4.69) is 5.32 Å². The third-order valence-electron chi connectivity index (χ3n) is 6.20. The van der Waals surface area contributed by atoms with Gasteiger partial charge in [0.2, 0.25) is 10.0 Å². The summed E-state index contributed by atoms with van der Waals surface area (Å²) in [7, 11) is -0.301. The Balaban J connectivity index is 1.29. The zero-order valence-electron chi connectivity index (χ0n) is 20.0. The van der Waals surface area contributed by atoms with E-state index < -0.39 is 10.0 Å². The number of carbonyl (C=O) groups excluding carboxylic acids is 1. The van der Waals surface area contributed by atoms with E-state index in [9.17, 15) is 13.2 Å². The maximum absolute atomic E-state index is 12.9. The Morgan fingerprint density at radius 3 is 2.20 bits per heavy atom. The minimum atomic E-state index is -3.45. The fraction of sp³-hybridized carbons (Fsp3) is 0.296. The van der Waals surface area contributed by atoms with Crippen molar-refractivity contribution in [2.75, 3.05) is 33.1 Å². The number of hydrogen-bond acceptors (Lipinski definition) is 5. The number of amides is 1. The van der Waals surface area contributed by atoms with Crippen LogP contribution >= 0.6 is 0 Å². The van der Waals surface area contributed by atoms with Crippen LogP contribution in [-0.4, -0.2) is 51.7 Å². The first-order valence-electron chi connectivity index (χ1n) is 11.6. The molecule has 8 heteroatoms. The van der Waals surface area contributed by atoms with Crippen molar-refractivity contribution in [3.05, 3.63) is 83.4 Å². The highest BCUT2D eigenvalue weighted by atomic mass is 32.2. The summed E-state index contributed by atoms with van der Waals surface area (Å²) in [6.07, 6.45) is 0.954. The smallest absolute Gasteiger partial charge is 0.251 e. The first kappa shape index (κ1) is 24.8. The minimum absolute atomic E-state index is 0.0250. The molecule has 1 heterocycles. The molecule has 0 saturated heterocycles. The molecule has 1 aliphatic rings. The number of hydrogen-bond donors (Lipinski definition) is 1. The lowest BCUT2D eigenvalue weighted by molar-refractivity contribution is 0.0953. The average Bonchev–Trinajstić information content (AvgIpc) is 2.90. The molecule has 0 radical (unpaired) electrons. The highest BCUT2D eigenvalue weighted by molar-refractivity contribution is 7.89. The molecule has 3 aromatic rings. The van der Waals surface area contributed by atoms with Crippen LogP contribution in [0.15, 0.2) is 66.7 Å². The molecule has 0 fully saturated rings. The van der Waals surface area contributed by atoms with Crippen LogP contribution in [0.2, 0.25) is 0 Å². The molecule has 0 saturated carbocycles. The Morgan fingerprint density at radius 2 is 1.54 bits per heavy atom. The number of benzene rings is 3. The van der Waals surface area contributed by atoms with Gasteiger partial charge in [0.05, 0.1) is 20.0 Å². The molecular weight excluding hydrogens is 464 g/mol. The van der Waals surface area contributed by atoms with Crippen molar-refractivity contribution in [2.45, 2.75) is 19.4 Å². The van der Waals surface area contributed by atoms with E-state index in [0.717, 1.165) is 22.3 Å². The van der Waals surface area contributed by atoms with Crippen LogP contribution in [-0.2, 0) is 23.0 Å². The highest BCUT2D eigenvalue weighted by Gasteiger charge is 2.27. The van der Waals surface area contributed by atoms with E-state index in [1.165, 1.54) is 4.31 Å². The molecule has 35 heavy (non-hydrogen) atoms. The summed E-state index contributed by atoms with van der Waals surface area (Å²) in [6.45, 7) is 1.01. The predicted molar refractivity (Wildman–Crippen MR) is 136 cm³/mol. The fourth-order valence-electron chi connectivity index (χ4n) is 4.23. The van der Waals surface area contributed by atoms with Crippen LogP contribution in [0.1, 0.15) is 27.9 Å². The number of carbonyl (C=O) groups is 1. The number of nitrogens with one attached hydrogen (secondary N) is 1. The lowest BCUT2D eigenvalue weighted by Crippen LogP contribution is -2.38. The van der Waals surface area contributed by atoms with Crippen molar-refractivity contribution in [3.63, 3.8) is 0 Å². The van der Waals surface area contributed by atoms with Crippen LogP contribution in [0.5, 0.6) is 11.5 Å². The topological polar surface area (TPSA) is 84.9 Å². The Bertz CT molecular complexity index is 1270. The number of fused-ring (bicyclic) bond motifs is 1. The van der Waals surface area contributed by atoms with Crippen molar-refractivity contribution in [3.8, 4) is 22.6 Å². The standard InChI is InChI=1S/C27H30N2O5S/c1-33-25-17-23-13-15-29(19-24(23)18-26(25)34-2)35(31,32)16-6-14-28-27(30)22-11-9-21(10-12-22)20-7-4-3-5-8-20/h3-5,7-12,17-18H,6,13-16,19H2,1-2H3,(H,28,30). The summed E-state index contributed by atoms with van der Waals surface area (Å²) in [4.78, 5) is 12.5. The van der Waals surface area contributed by atoms with E-state index >= 15 is 0 Å². The second-order valence-electron chi connectivity index (χ2n) is 8.43. The van der Waals surface area contributed by atoms with Crippen LogP contribution in [0, 0.1) is 0 Å². The van der Waals surface area contributed by atoms with E-state index in [-0.39, 0.29) is 18.2 Å². The van der Waals surface area contributed by atoms with Gasteiger partial charge in [0.1, 0.15) is 0 Å². The van der Waals surface area contributed by atoms with Crippen LogP contribution in [0.25, 0.3) is 11.1 Å². The molecular formula is C27H30N2O5S. The van der Waals surface area contributed by atoms with Gasteiger partial charge < -0.3 is 14.8 Å². The molecule has 7 nitrogen and oxygen atoms in total. The largest absolute Gasteiger partial charge is 0.493 e. The van der Waals surface area contributed by atoms with Crippen molar-refractivity contribution >= 4 is 15.9 Å². The molecule has 0 spiro atoms. The normalized spacial score (nSPS) is 13.7. The van der Waals surface area contributed by atoms with Crippen molar-refractivity contribution in [1.29, 1.82) is 0 Å². The maximum Gasteiger partial charge on any atom is 0.251 e. The molecule has 0 aliphatic carbocycles. The molecule has 184 valence electrons. The van der Waals surface area contributed by atoms with Gasteiger partial charge in [-0.25, -0.2) is 8.42 Å². The molecule has 1 aliphatic heterocycles. The van der Waals surface area contributed by atoms with Gasteiger partial charge in [0.25, 0.3) is 5.91 Å². The number of methoxy groups -OCH3 is 2. The third-order valence-corrected chi connectivity index (χ3v) is 8.10. The summed E-state index contributed by atoms with van der Waals surface area (Å²) in [6, 6.07) is 21.1. The van der Waals surface area contributed by atoms with Crippen LogP contribution in [0.4, 0.5) is 0 Å². The summed E-state index contributed by atoms with van der Waals surface area (Å²) in [5.74, 6) is 0.996. The monoisotopic (exact) mass is 494 g/mol. The van der Waals surface area contributed by atoms with E-state index in [0.29, 0.717) is 43.0 Å². The Morgan fingerprint density at radius 1 is 0.914 bits per heavy atom. The Kier molecular flexibility index (Phi) is 7.73. The number of ether oxygens (including phenoxy) is 2. The molecule has 0 atom stereocenters. The Hall–Kier alpha value is -3.36. The van der Waals surface area contributed by atoms with Gasteiger partial charge in [-0.1, -0.05) is 42.5 Å². The van der Waals surface area contributed by atoms with Crippen molar-refractivity contribution in [1.82, 2.24) is 9.62 Å². The zero-order valence-corrected chi connectivity index (χ0v) is 20.8. The van der Waals surface area contributed by atoms with Gasteiger partial charge in [-0.3, -0.25) is 4.79 Å². The molecule has 1 amide bonds. The van der Waals surface area contributed by atoms with Gasteiger partial charge in [-0.05, 0) is 59.4 Å². The number of nitrogens with zero attached hydrogens (tertiary/aromatic N) is 1. The molecule has 1 N–H and O–H groups in total. The lowest BCUT2D eigenvalue weighted by atomic mass is 10.0. The van der Waals surface area contributed by atoms with Gasteiger partial charge in [-0.15, -0.1) is 0 Å². The summed E-state index contributed by atoms with van der Waals surface area (Å²) in [5, 5.41) is 2.82. The maximum atomic E-state index is 12.9. The fourth-order valence-corrected chi connectivity index (χ4v) is 5.70.